The van der Waals surface area contributed by atoms with E-state index in [0.717, 1.165) is 48.2 Å². The van der Waals surface area contributed by atoms with Crippen molar-refractivity contribution in [2.24, 2.45) is 5.73 Å². The van der Waals surface area contributed by atoms with Gasteiger partial charge in [0.1, 0.15) is 4.99 Å². The zero-order valence-corrected chi connectivity index (χ0v) is 12.9. The Labute approximate surface area is 129 Å². The van der Waals surface area contributed by atoms with Crippen LogP contribution in [-0.4, -0.2) is 28.7 Å². The van der Waals surface area contributed by atoms with Gasteiger partial charge in [0.05, 0.1) is 16.8 Å². The summed E-state index contributed by atoms with van der Waals surface area (Å²) in [5, 5.41) is 4.71. The molecule has 1 aliphatic rings. The monoisotopic (exact) mass is 301 g/mol. The van der Waals surface area contributed by atoms with Gasteiger partial charge >= 0.3 is 0 Å². The van der Waals surface area contributed by atoms with Gasteiger partial charge in [-0.3, -0.25) is 4.98 Å². The zero-order chi connectivity index (χ0) is 14.9. The van der Waals surface area contributed by atoms with Crippen molar-refractivity contribution in [3.05, 3.63) is 36.0 Å². The van der Waals surface area contributed by atoms with Crippen molar-refractivity contribution in [2.45, 2.75) is 25.3 Å². The molecule has 2 heterocycles. The molecule has 0 aliphatic carbocycles. The first-order valence-corrected chi connectivity index (χ1v) is 7.53. The Morgan fingerprint density at radius 1 is 1.33 bits per heavy atom. The molecule has 1 saturated heterocycles. The summed E-state index contributed by atoms with van der Waals surface area (Å²) in [5.74, 6) is 0. The molecule has 0 radical (unpaired) electrons. The lowest BCUT2D eigenvalue weighted by molar-refractivity contribution is 0.0658. The van der Waals surface area contributed by atoms with E-state index in [1.807, 2.05) is 18.2 Å². The first-order chi connectivity index (χ1) is 10.1. The predicted octanol–water partition coefficient (Wildman–Crippen LogP) is 2.85. The molecule has 2 aromatic rings. The zero-order valence-electron chi connectivity index (χ0n) is 12.1. The summed E-state index contributed by atoms with van der Waals surface area (Å²) in [6.07, 6.45) is 3.68. The van der Waals surface area contributed by atoms with Crippen LogP contribution in [0, 0.1) is 0 Å². The molecule has 21 heavy (non-hydrogen) atoms. The van der Waals surface area contributed by atoms with Crippen LogP contribution >= 0.6 is 12.2 Å². The number of nitrogens with two attached hydrogens (primary N) is 1. The number of aromatic nitrogens is 1. The first kappa shape index (κ1) is 14.2. The van der Waals surface area contributed by atoms with Gasteiger partial charge in [0.15, 0.2) is 0 Å². The highest BCUT2D eigenvalue weighted by Gasteiger charge is 2.28. The highest BCUT2D eigenvalue weighted by atomic mass is 32.1. The predicted molar refractivity (Wildman–Crippen MR) is 89.7 cm³/mol. The Hall–Kier alpha value is -1.72. The van der Waals surface area contributed by atoms with Crippen LogP contribution in [0.25, 0.3) is 10.9 Å². The molecule has 0 unspecified atom stereocenters. The van der Waals surface area contributed by atoms with Gasteiger partial charge in [-0.15, -0.1) is 0 Å². The van der Waals surface area contributed by atoms with E-state index in [1.165, 1.54) is 0 Å². The molecule has 0 spiro atoms. The number of rotatable bonds is 3. The van der Waals surface area contributed by atoms with Crippen LogP contribution in [0.4, 0.5) is 5.69 Å². The van der Waals surface area contributed by atoms with Gasteiger partial charge < -0.3 is 15.8 Å². The Morgan fingerprint density at radius 2 is 2.05 bits per heavy atom. The Balaban J connectivity index is 2.10. The molecule has 0 atom stereocenters. The molecule has 5 heteroatoms. The number of hydrogen-bond acceptors (Lipinski definition) is 4. The van der Waals surface area contributed by atoms with E-state index in [9.17, 15) is 0 Å². The van der Waals surface area contributed by atoms with Crippen molar-refractivity contribution in [1.29, 1.82) is 0 Å². The number of anilines is 1. The summed E-state index contributed by atoms with van der Waals surface area (Å²) in [4.78, 5) is 4.81. The van der Waals surface area contributed by atoms with Crippen LogP contribution < -0.4 is 11.1 Å². The molecule has 110 valence electrons. The number of nitrogens with one attached hydrogen (secondary N) is 1. The second kappa shape index (κ2) is 5.58. The third kappa shape index (κ3) is 2.84. The van der Waals surface area contributed by atoms with Crippen molar-refractivity contribution in [3.8, 4) is 0 Å². The van der Waals surface area contributed by atoms with E-state index < -0.39 is 0 Å². The Morgan fingerprint density at radius 3 is 2.76 bits per heavy atom. The number of hydrogen-bond donors (Lipinski definition) is 2. The standard InChI is InChI=1S/C16H19N3OS/c1-16(6-8-20-9-7-16)19-14-11-4-2-3-5-13(11)18-10-12(14)15(17)21/h2-5,10H,6-9H2,1H3,(H2,17,21)(H,18,19). The van der Waals surface area contributed by atoms with Crippen LogP contribution in [0.5, 0.6) is 0 Å². The smallest absolute Gasteiger partial charge is 0.107 e. The Kier molecular flexibility index (Phi) is 3.78. The molecule has 3 N–H and O–H groups in total. The van der Waals surface area contributed by atoms with E-state index >= 15 is 0 Å². The first-order valence-electron chi connectivity index (χ1n) is 7.13. The van der Waals surface area contributed by atoms with Crippen molar-refractivity contribution in [2.75, 3.05) is 18.5 Å². The van der Waals surface area contributed by atoms with Gasteiger partial charge in [-0.1, -0.05) is 30.4 Å². The van der Waals surface area contributed by atoms with Gasteiger partial charge in [0.25, 0.3) is 0 Å². The molecule has 0 bridgehead atoms. The summed E-state index contributed by atoms with van der Waals surface area (Å²) >= 11 is 5.19. The molecule has 3 rings (SSSR count). The average Bonchev–Trinajstić information content (AvgIpc) is 2.47. The van der Waals surface area contributed by atoms with Crippen molar-refractivity contribution in [3.63, 3.8) is 0 Å². The van der Waals surface area contributed by atoms with Crippen LogP contribution in [0.2, 0.25) is 0 Å². The molecule has 0 amide bonds. The quantitative estimate of drug-likeness (QED) is 0.854. The fourth-order valence-corrected chi connectivity index (χ4v) is 2.87. The number of ether oxygens (including phenoxy) is 1. The highest BCUT2D eigenvalue weighted by molar-refractivity contribution is 7.80. The summed E-state index contributed by atoms with van der Waals surface area (Å²) in [6.45, 7) is 3.76. The molecule has 1 aliphatic heterocycles. The topological polar surface area (TPSA) is 60.2 Å². The van der Waals surface area contributed by atoms with Gasteiger partial charge in [0.2, 0.25) is 0 Å². The van der Waals surface area contributed by atoms with Crippen LogP contribution in [0.15, 0.2) is 30.5 Å². The molecule has 0 saturated carbocycles. The van der Waals surface area contributed by atoms with Gasteiger partial charge in [0, 0.05) is 30.3 Å². The largest absolute Gasteiger partial charge is 0.389 e. The van der Waals surface area contributed by atoms with E-state index in [1.54, 1.807) is 6.20 Å². The molecular formula is C16H19N3OS. The second-order valence-electron chi connectivity index (χ2n) is 5.73. The van der Waals surface area contributed by atoms with Crippen molar-refractivity contribution in [1.82, 2.24) is 4.98 Å². The summed E-state index contributed by atoms with van der Waals surface area (Å²) in [7, 11) is 0. The maximum Gasteiger partial charge on any atom is 0.107 e. The van der Waals surface area contributed by atoms with E-state index in [4.69, 9.17) is 22.7 Å². The van der Waals surface area contributed by atoms with Gasteiger partial charge in [-0.25, -0.2) is 0 Å². The Bertz CT molecular complexity index is 680. The number of pyridine rings is 1. The minimum atomic E-state index is -0.0120. The van der Waals surface area contributed by atoms with Crippen LogP contribution in [-0.2, 0) is 4.74 Å². The van der Waals surface area contributed by atoms with E-state index in [2.05, 4.69) is 23.3 Å². The van der Waals surface area contributed by atoms with E-state index in [0.29, 0.717) is 4.99 Å². The summed E-state index contributed by atoms with van der Waals surface area (Å²) < 4.78 is 5.46. The molecular weight excluding hydrogens is 282 g/mol. The summed E-state index contributed by atoms with van der Waals surface area (Å²) in [6, 6.07) is 8.03. The number of thiocarbonyl (C=S) groups is 1. The van der Waals surface area contributed by atoms with Gasteiger partial charge in [-0.2, -0.15) is 0 Å². The normalized spacial score (nSPS) is 17.6. The maximum atomic E-state index is 5.88. The molecule has 4 nitrogen and oxygen atoms in total. The van der Waals surface area contributed by atoms with Crippen LogP contribution in [0.3, 0.4) is 0 Å². The number of nitrogens with zero attached hydrogens (tertiary/aromatic N) is 1. The highest BCUT2D eigenvalue weighted by Crippen LogP contribution is 2.32. The number of para-hydroxylation sites is 1. The van der Waals surface area contributed by atoms with Crippen molar-refractivity contribution < 1.29 is 4.74 Å². The molecule has 1 aromatic heterocycles. The fraction of sp³-hybridized carbons (Fsp3) is 0.375. The third-order valence-corrected chi connectivity index (χ3v) is 4.28. The molecule has 1 fully saturated rings. The number of fused-ring (bicyclic) bond motifs is 1. The summed E-state index contributed by atoms with van der Waals surface area (Å²) in [5.41, 5.74) is 8.60. The fourth-order valence-electron chi connectivity index (χ4n) is 2.71. The average molecular weight is 301 g/mol. The van der Waals surface area contributed by atoms with Gasteiger partial charge in [-0.05, 0) is 25.8 Å². The lowest BCUT2D eigenvalue weighted by Gasteiger charge is -2.36. The minimum absolute atomic E-state index is 0.0120. The van der Waals surface area contributed by atoms with E-state index in [-0.39, 0.29) is 5.54 Å². The third-order valence-electron chi connectivity index (χ3n) is 4.06. The maximum absolute atomic E-state index is 5.88. The minimum Gasteiger partial charge on any atom is -0.389 e. The lowest BCUT2D eigenvalue weighted by atomic mass is 9.91. The van der Waals surface area contributed by atoms with Crippen LogP contribution in [0.1, 0.15) is 25.3 Å². The SMILES string of the molecule is CC1(Nc2c(C(N)=S)cnc3ccccc23)CCOCC1. The lowest BCUT2D eigenvalue weighted by Crippen LogP contribution is -2.41. The second-order valence-corrected chi connectivity index (χ2v) is 6.17. The van der Waals surface area contributed by atoms with Crippen molar-refractivity contribution >= 4 is 33.8 Å². The molecule has 1 aromatic carbocycles. The number of benzene rings is 1.